The molecule has 0 saturated heterocycles. The summed E-state index contributed by atoms with van der Waals surface area (Å²) in [6, 6.07) is 9.66. The van der Waals surface area contributed by atoms with Crippen LogP contribution in [0.1, 0.15) is 29.9 Å². The summed E-state index contributed by atoms with van der Waals surface area (Å²) >= 11 is 0. The molecular weight excluding hydrogens is 410 g/mol. The molecule has 1 atom stereocenters. The summed E-state index contributed by atoms with van der Waals surface area (Å²) in [5, 5.41) is 13.1. The molecule has 0 aliphatic carbocycles. The Hall–Kier alpha value is -3.62. The van der Waals surface area contributed by atoms with Gasteiger partial charge in [-0.15, -0.1) is 5.10 Å². The van der Waals surface area contributed by atoms with Crippen molar-refractivity contribution >= 4 is 16.6 Å². The summed E-state index contributed by atoms with van der Waals surface area (Å²) < 4.78 is 51.4. The number of fused-ring (bicyclic) bond motifs is 1. The van der Waals surface area contributed by atoms with E-state index in [-0.39, 0.29) is 5.82 Å². The first-order valence-corrected chi connectivity index (χ1v) is 9.40. The van der Waals surface area contributed by atoms with Crippen molar-refractivity contribution in [3.8, 4) is 11.1 Å². The number of nitrogens with one attached hydrogen (secondary N) is 1. The highest BCUT2D eigenvalue weighted by molar-refractivity contribution is 5.96. The Balaban J connectivity index is 1.69. The largest absolute Gasteiger partial charge is 0.451 e. The number of nitrogens with zero attached hydrogens (tertiary/aromatic N) is 4. The Morgan fingerprint density at radius 1 is 0.903 bits per heavy atom. The highest BCUT2D eigenvalue weighted by Gasteiger charge is 2.34. The van der Waals surface area contributed by atoms with Crippen LogP contribution in [0.2, 0.25) is 0 Å². The van der Waals surface area contributed by atoms with Crippen LogP contribution in [0.5, 0.6) is 0 Å². The molecule has 9 heteroatoms. The van der Waals surface area contributed by atoms with E-state index in [0.29, 0.717) is 11.4 Å². The lowest BCUT2D eigenvalue weighted by atomic mass is 9.98. The minimum Gasteiger partial charge on any atom is -0.361 e. The zero-order valence-corrected chi connectivity index (χ0v) is 16.6. The number of alkyl halides is 3. The topological polar surface area (TPSA) is 63.6 Å². The van der Waals surface area contributed by atoms with Crippen LogP contribution in [0, 0.1) is 12.7 Å². The summed E-state index contributed by atoms with van der Waals surface area (Å²) in [4.78, 5) is 6.81. The van der Waals surface area contributed by atoms with Crippen molar-refractivity contribution in [2.75, 3.05) is 5.32 Å². The first-order valence-electron chi connectivity index (χ1n) is 9.40. The van der Waals surface area contributed by atoms with Crippen LogP contribution in [0.15, 0.2) is 55.0 Å². The van der Waals surface area contributed by atoms with E-state index in [1.165, 1.54) is 12.1 Å². The lowest BCUT2D eigenvalue weighted by molar-refractivity contribution is -0.145. The minimum atomic E-state index is -4.59. The van der Waals surface area contributed by atoms with Crippen LogP contribution >= 0.6 is 0 Å². The van der Waals surface area contributed by atoms with Gasteiger partial charge < -0.3 is 5.32 Å². The maximum Gasteiger partial charge on any atom is 0.451 e. The number of hydrogen-bond donors (Lipinski definition) is 1. The minimum absolute atomic E-state index is 0.318. The van der Waals surface area contributed by atoms with Gasteiger partial charge in [-0.25, -0.2) is 14.4 Å². The number of hydrogen-bond acceptors (Lipinski definition) is 5. The first kappa shape index (κ1) is 20.6. The van der Waals surface area contributed by atoms with Crippen LogP contribution < -0.4 is 5.32 Å². The Kier molecular flexibility index (Phi) is 5.26. The molecule has 158 valence electrons. The SMILES string of the molecule is Cc1cc(-c2ccc(F)cc2)cc2c(N[C@H](C)c3cnc(C(F)(F)F)nc3)nncc12. The Labute approximate surface area is 175 Å². The van der Waals surface area contributed by atoms with E-state index in [4.69, 9.17) is 0 Å². The molecule has 0 radical (unpaired) electrons. The molecule has 0 unspecified atom stereocenters. The zero-order chi connectivity index (χ0) is 22.2. The molecule has 1 N–H and O–H groups in total. The number of aromatic nitrogens is 4. The summed E-state index contributed by atoms with van der Waals surface area (Å²) in [5.41, 5.74) is 3.16. The van der Waals surface area contributed by atoms with Crippen molar-refractivity contribution in [3.05, 3.63) is 77.8 Å². The van der Waals surface area contributed by atoms with Gasteiger partial charge in [-0.1, -0.05) is 18.2 Å². The summed E-state index contributed by atoms with van der Waals surface area (Å²) in [6.45, 7) is 3.71. The molecule has 0 spiro atoms. The molecule has 2 aromatic carbocycles. The number of halogens is 4. The second-order valence-electron chi connectivity index (χ2n) is 7.16. The van der Waals surface area contributed by atoms with E-state index >= 15 is 0 Å². The lowest BCUT2D eigenvalue weighted by Crippen LogP contribution is -2.14. The van der Waals surface area contributed by atoms with Gasteiger partial charge in [0, 0.05) is 28.7 Å². The fourth-order valence-electron chi connectivity index (χ4n) is 3.28. The summed E-state index contributed by atoms with van der Waals surface area (Å²) in [5.74, 6) is -1.04. The molecule has 0 amide bonds. The molecule has 0 saturated carbocycles. The van der Waals surface area contributed by atoms with E-state index in [9.17, 15) is 17.6 Å². The van der Waals surface area contributed by atoms with Crippen molar-refractivity contribution in [3.63, 3.8) is 0 Å². The van der Waals surface area contributed by atoms with Crippen LogP contribution in [-0.4, -0.2) is 20.2 Å². The third-order valence-corrected chi connectivity index (χ3v) is 4.94. The van der Waals surface area contributed by atoms with Gasteiger partial charge in [0.1, 0.15) is 5.82 Å². The number of rotatable bonds is 4. The molecular formula is C22H17F4N5. The van der Waals surface area contributed by atoms with Crippen molar-refractivity contribution in [2.45, 2.75) is 26.1 Å². The van der Waals surface area contributed by atoms with E-state index in [1.807, 2.05) is 19.1 Å². The molecule has 2 heterocycles. The molecule has 4 aromatic rings. The maximum absolute atomic E-state index is 13.3. The number of benzene rings is 2. The van der Waals surface area contributed by atoms with Crippen LogP contribution in [0.3, 0.4) is 0 Å². The average Bonchev–Trinajstić information content (AvgIpc) is 2.74. The molecule has 0 aliphatic rings. The predicted octanol–water partition coefficient (Wildman–Crippen LogP) is 5.73. The third kappa shape index (κ3) is 4.30. The quantitative estimate of drug-likeness (QED) is 0.422. The van der Waals surface area contributed by atoms with Gasteiger partial charge in [-0.2, -0.15) is 18.3 Å². The van der Waals surface area contributed by atoms with Gasteiger partial charge in [0.25, 0.3) is 0 Å². The summed E-state index contributed by atoms with van der Waals surface area (Å²) in [6.07, 6.45) is -0.663. The third-order valence-electron chi connectivity index (χ3n) is 4.94. The summed E-state index contributed by atoms with van der Waals surface area (Å²) in [7, 11) is 0. The zero-order valence-electron chi connectivity index (χ0n) is 16.6. The van der Waals surface area contributed by atoms with Gasteiger partial charge in [0.2, 0.25) is 5.82 Å². The monoisotopic (exact) mass is 427 g/mol. The second-order valence-corrected chi connectivity index (χ2v) is 7.16. The molecule has 0 bridgehead atoms. The smallest absolute Gasteiger partial charge is 0.361 e. The van der Waals surface area contributed by atoms with Crippen LogP contribution in [-0.2, 0) is 6.18 Å². The fourth-order valence-corrected chi connectivity index (χ4v) is 3.28. The molecule has 0 fully saturated rings. The molecule has 2 aromatic heterocycles. The maximum atomic E-state index is 13.3. The molecule has 0 aliphatic heterocycles. The predicted molar refractivity (Wildman–Crippen MR) is 109 cm³/mol. The number of anilines is 1. The first-order chi connectivity index (χ1) is 14.7. The van der Waals surface area contributed by atoms with Crippen LogP contribution in [0.25, 0.3) is 21.9 Å². The fraction of sp³-hybridized carbons (Fsp3) is 0.182. The van der Waals surface area contributed by atoms with E-state index in [0.717, 1.165) is 39.9 Å². The highest BCUT2D eigenvalue weighted by atomic mass is 19.4. The standard InChI is InChI=1S/C22H17F4N5/c1-12-7-15(14-3-5-17(23)6-4-14)8-18-19(12)11-29-31-20(18)30-13(2)16-9-27-21(28-10-16)22(24,25)26/h3-11,13H,1-2H3,(H,30,31)/t13-/m1/s1. The van der Waals surface area contributed by atoms with Crippen LogP contribution in [0.4, 0.5) is 23.4 Å². The Bertz CT molecular complexity index is 1220. The van der Waals surface area contributed by atoms with Gasteiger partial charge >= 0.3 is 6.18 Å². The number of aryl methyl sites for hydroxylation is 1. The molecule has 31 heavy (non-hydrogen) atoms. The second kappa shape index (κ2) is 7.90. The lowest BCUT2D eigenvalue weighted by Gasteiger charge is -2.17. The van der Waals surface area contributed by atoms with Gasteiger partial charge in [-0.3, -0.25) is 0 Å². The van der Waals surface area contributed by atoms with Gasteiger partial charge in [-0.05, 0) is 48.7 Å². The Morgan fingerprint density at radius 3 is 2.23 bits per heavy atom. The van der Waals surface area contributed by atoms with E-state index in [1.54, 1.807) is 25.3 Å². The van der Waals surface area contributed by atoms with E-state index < -0.39 is 18.0 Å². The average molecular weight is 427 g/mol. The van der Waals surface area contributed by atoms with Gasteiger partial charge in [0.15, 0.2) is 5.82 Å². The van der Waals surface area contributed by atoms with Crippen molar-refractivity contribution < 1.29 is 17.6 Å². The normalized spacial score (nSPS) is 12.7. The van der Waals surface area contributed by atoms with Gasteiger partial charge in [0.05, 0.1) is 12.2 Å². The Morgan fingerprint density at radius 2 is 1.58 bits per heavy atom. The van der Waals surface area contributed by atoms with Crippen molar-refractivity contribution in [1.29, 1.82) is 0 Å². The molecule has 4 rings (SSSR count). The highest BCUT2D eigenvalue weighted by Crippen LogP contribution is 2.32. The van der Waals surface area contributed by atoms with Crippen molar-refractivity contribution in [1.82, 2.24) is 20.2 Å². The van der Waals surface area contributed by atoms with Crippen molar-refractivity contribution in [2.24, 2.45) is 0 Å². The van der Waals surface area contributed by atoms with E-state index in [2.05, 4.69) is 25.5 Å². The molecule has 5 nitrogen and oxygen atoms in total.